The van der Waals surface area contributed by atoms with Crippen LogP contribution in [-0.2, 0) is 11.2 Å². The number of aryl methyl sites for hydroxylation is 2. The molecule has 128 valence electrons. The minimum Gasteiger partial charge on any atom is -0.353 e. The van der Waals surface area contributed by atoms with Crippen LogP contribution in [0.5, 0.6) is 0 Å². The first kappa shape index (κ1) is 17.2. The van der Waals surface area contributed by atoms with Gasteiger partial charge in [-0.15, -0.1) is 0 Å². The Morgan fingerprint density at radius 2 is 2.12 bits per heavy atom. The molecule has 1 heterocycles. The molecule has 0 bridgehead atoms. The maximum Gasteiger partial charge on any atom is 0.243 e. The standard InChI is InChI=1S/C20H20ClN3O/c1-14-8-9-15(13-16(14)21)10-11-20(25)22-12-4-7-19-23-17-5-2-3-6-18(17)24-19/h2-3,5-6,8-11,13H,4,7,12H2,1H3,(H,22,25)(H,23,24)/b11-10+. The molecule has 0 fully saturated rings. The predicted molar refractivity (Wildman–Crippen MR) is 103 cm³/mol. The lowest BCUT2D eigenvalue weighted by atomic mass is 10.1. The Kier molecular flexibility index (Phi) is 5.51. The molecule has 3 aromatic rings. The fourth-order valence-electron chi connectivity index (χ4n) is 2.54. The number of hydrogen-bond donors (Lipinski definition) is 2. The first-order valence-corrected chi connectivity index (χ1v) is 8.65. The number of hydrogen-bond acceptors (Lipinski definition) is 2. The fraction of sp³-hybridized carbons (Fsp3) is 0.200. The van der Waals surface area contributed by atoms with Crippen LogP contribution < -0.4 is 5.32 Å². The van der Waals surface area contributed by atoms with Gasteiger partial charge in [0, 0.05) is 24.1 Å². The summed E-state index contributed by atoms with van der Waals surface area (Å²) in [6.45, 7) is 2.55. The van der Waals surface area contributed by atoms with Crippen molar-refractivity contribution in [2.45, 2.75) is 19.8 Å². The number of para-hydroxylation sites is 2. The highest BCUT2D eigenvalue weighted by Crippen LogP contribution is 2.17. The summed E-state index contributed by atoms with van der Waals surface area (Å²) < 4.78 is 0. The van der Waals surface area contributed by atoms with Gasteiger partial charge in [0.25, 0.3) is 0 Å². The molecule has 1 amide bonds. The first-order valence-electron chi connectivity index (χ1n) is 8.27. The van der Waals surface area contributed by atoms with Crippen LogP contribution in [0.4, 0.5) is 0 Å². The van der Waals surface area contributed by atoms with Crippen molar-refractivity contribution in [1.82, 2.24) is 15.3 Å². The van der Waals surface area contributed by atoms with E-state index in [2.05, 4.69) is 15.3 Å². The number of amides is 1. The number of nitrogens with zero attached hydrogens (tertiary/aromatic N) is 1. The van der Waals surface area contributed by atoms with Crippen molar-refractivity contribution in [2.75, 3.05) is 6.54 Å². The molecule has 0 unspecified atom stereocenters. The minimum absolute atomic E-state index is 0.110. The quantitative estimate of drug-likeness (QED) is 0.513. The molecule has 0 saturated heterocycles. The molecule has 0 aliphatic rings. The van der Waals surface area contributed by atoms with Crippen LogP contribution in [0.15, 0.2) is 48.5 Å². The van der Waals surface area contributed by atoms with Gasteiger partial charge < -0.3 is 10.3 Å². The zero-order valence-corrected chi connectivity index (χ0v) is 14.8. The number of benzene rings is 2. The molecular formula is C20H20ClN3O. The summed E-state index contributed by atoms with van der Waals surface area (Å²) in [5.74, 6) is 0.835. The van der Waals surface area contributed by atoms with Gasteiger partial charge in [0.05, 0.1) is 11.0 Å². The summed E-state index contributed by atoms with van der Waals surface area (Å²) in [7, 11) is 0. The van der Waals surface area contributed by atoms with Crippen LogP contribution in [0.3, 0.4) is 0 Å². The number of aromatic amines is 1. The van der Waals surface area contributed by atoms with Gasteiger partial charge in [-0.3, -0.25) is 4.79 Å². The molecule has 3 rings (SSSR count). The molecule has 1 aromatic heterocycles. The zero-order chi connectivity index (χ0) is 17.6. The monoisotopic (exact) mass is 353 g/mol. The maximum atomic E-state index is 11.9. The SMILES string of the molecule is Cc1ccc(/C=C/C(=O)NCCCc2nc3ccccc3[nH]2)cc1Cl. The summed E-state index contributed by atoms with van der Waals surface area (Å²) in [5, 5.41) is 3.58. The molecule has 0 aliphatic heterocycles. The third-order valence-electron chi connectivity index (χ3n) is 3.95. The molecule has 0 saturated carbocycles. The molecule has 25 heavy (non-hydrogen) atoms. The van der Waals surface area contributed by atoms with Gasteiger partial charge in [0.1, 0.15) is 5.82 Å². The van der Waals surface area contributed by atoms with Crippen LogP contribution in [0.1, 0.15) is 23.4 Å². The van der Waals surface area contributed by atoms with E-state index in [0.717, 1.165) is 40.8 Å². The van der Waals surface area contributed by atoms with E-state index >= 15 is 0 Å². The van der Waals surface area contributed by atoms with Crippen molar-refractivity contribution in [3.63, 3.8) is 0 Å². The second-order valence-corrected chi connectivity index (χ2v) is 6.34. The Hall–Kier alpha value is -2.59. The number of halogens is 1. The van der Waals surface area contributed by atoms with E-state index in [0.29, 0.717) is 11.6 Å². The van der Waals surface area contributed by atoms with E-state index in [9.17, 15) is 4.79 Å². The number of rotatable bonds is 6. The Bertz CT molecular complexity index is 881. The van der Waals surface area contributed by atoms with Crippen LogP contribution in [0, 0.1) is 6.92 Å². The van der Waals surface area contributed by atoms with Crippen LogP contribution in [0.2, 0.25) is 5.02 Å². The number of carbonyl (C=O) groups excluding carboxylic acids is 1. The molecule has 0 atom stereocenters. The summed E-state index contributed by atoms with van der Waals surface area (Å²) >= 11 is 6.08. The van der Waals surface area contributed by atoms with Crippen molar-refractivity contribution in [1.29, 1.82) is 0 Å². The molecule has 0 aliphatic carbocycles. The van der Waals surface area contributed by atoms with Crippen molar-refractivity contribution >= 4 is 34.6 Å². The number of H-pyrrole nitrogens is 1. The molecule has 0 radical (unpaired) electrons. The van der Waals surface area contributed by atoms with Crippen LogP contribution in [-0.4, -0.2) is 22.4 Å². The van der Waals surface area contributed by atoms with Gasteiger partial charge >= 0.3 is 0 Å². The highest BCUT2D eigenvalue weighted by Gasteiger charge is 2.02. The van der Waals surface area contributed by atoms with Crippen molar-refractivity contribution < 1.29 is 4.79 Å². The molecular weight excluding hydrogens is 334 g/mol. The van der Waals surface area contributed by atoms with E-state index in [4.69, 9.17) is 11.6 Å². The average molecular weight is 354 g/mol. The van der Waals surface area contributed by atoms with Crippen molar-refractivity contribution in [3.05, 3.63) is 70.5 Å². The van der Waals surface area contributed by atoms with E-state index in [-0.39, 0.29) is 5.91 Å². The van der Waals surface area contributed by atoms with Crippen molar-refractivity contribution in [2.24, 2.45) is 0 Å². The number of fused-ring (bicyclic) bond motifs is 1. The number of imidazole rings is 1. The van der Waals surface area contributed by atoms with Gasteiger partial charge in [-0.25, -0.2) is 4.98 Å². The predicted octanol–water partition coefficient (Wildman–Crippen LogP) is 4.29. The van der Waals surface area contributed by atoms with Gasteiger partial charge in [-0.05, 0) is 48.7 Å². The Labute approximate surface area is 151 Å². The lowest BCUT2D eigenvalue weighted by Crippen LogP contribution is -2.22. The second kappa shape index (κ2) is 7.99. The fourth-order valence-corrected chi connectivity index (χ4v) is 2.72. The Morgan fingerprint density at radius 3 is 2.92 bits per heavy atom. The molecule has 2 aromatic carbocycles. The second-order valence-electron chi connectivity index (χ2n) is 5.94. The molecule has 4 nitrogen and oxygen atoms in total. The maximum absolute atomic E-state index is 11.9. The van der Waals surface area contributed by atoms with Crippen LogP contribution >= 0.6 is 11.6 Å². The zero-order valence-electron chi connectivity index (χ0n) is 14.1. The van der Waals surface area contributed by atoms with Gasteiger partial charge in [0.15, 0.2) is 0 Å². The number of nitrogens with one attached hydrogen (secondary N) is 2. The highest BCUT2D eigenvalue weighted by molar-refractivity contribution is 6.31. The Morgan fingerprint density at radius 1 is 1.28 bits per heavy atom. The van der Waals surface area contributed by atoms with E-state index in [1.165, 1.54) is 6.08 Å². The summed E-state index contributed by atoms with van der Waals surface area (Å²) in [6.07, 6.45) is 4.92. The van der Waals surface area contributed by atoms with E-state index in [1.54, 1.807) is 6.08 Å². The lowest BCUT2D eigenvalue weighted by molar-refractivity contribution is -0.116. The average Bonchev–Trinajstić information content (AvgIpc) is 3.02. The third-order valence-corrected chi connectivity index (χ3v) is 4.36. The summed E-state index contributed by atoms with van der Waals surface area (Å²) in [5.41, 5.74) is 3.95. The first-order chi connectivity index (χ1) is 12.1. The van der Waals surface area contributed by atoms with Gasteiger partial charge in [-0.1, -0.05) is 35.9 Å². The van der Waals surface area contributed by atoms with Gasteiger partial charge in [0.2, 0.25) is 5.91 Å². The Balaban J connectivity index is 1.44. The molecule has 5 heteroatoms. The summed E-state index contributed by atoms with van der Waals surface area (Å²) in [6, 6.07) is 13.7. The summed E-state index contributed by atoms with van der Waals surface area (Å²) in [4.78, 5) is 19.7. The highest BCUT2D eigenvalue weighted by atomic mass is 35.5. The van der Waals surface area contributed by atoms with Gasteiger partial charge in [-0.2, -0.15) is 0 Å². The third kappa shape index (κ3) is 4.70. The molecule has 0 spiro atoms. The van der Waals surface area contributed by atoms with E-state index in [1.807, 2.05) is 49.4 Å². The molecule has 2 N–H and O–H groups in total. The largest absolute Gasteiger partial charge is 0.353 e. The topological polar surface area (TPSA) is 57.8 Å². The van der Waals surface area contributed by atoms with Crippen LogP contribution in [0.25, 0.3) is 17.1 Å². The normalized spacial score (nSPS) is 11.3. The van der Waals surface area contributed by atoms with Crippen molar-refractivity contribution in [3.8, 4) is 0 Å². The minimum atomic E-state index is -0.110. The number of aromatic nitrogens is 2. The number of carbonyl (C=O) groups is 1. The smallest absolute Gasteiger partial charge is 0.243 e. The lowest BCUT2D eigenvalue weighted by Gasteiger charge is -2.01. The van der Waals surface area contributed by atoms with E-state index < -0.39 is 0 Å².